The summed E-state index contributed by atoms with van der Waals surface area (Å²) in [4.78, 5) is 10.6. The van der Waals surface area contributed by atoms with E-state index < -0.39 is 0 Å². The Hall–Kier alpha value is -8.54. The highest BCUT2D eigenvalue weighted by atomic mass is 15.2. The summed E-state index contributed by atoms with van der Waals surface area (Å²) in [6.07, 6.45) is -0.366. The Morgan fingerprint density at radius 2 is 0.953 bits per heavy atom. The van der Waals surface area contributed by atoms with E-state index in [9.17, 15) is 0 Å². The number of amidine groups is 2. The molecule has 1 aliphatic heterocycles. The van der Waals surface area contributed by atoms with Crippen molar-refractivity contribution in [2.75, 3.05) is 0 Å². The molecule has 0 saturated heterocycles. The molecule has 0 saturated carbocycles. The van der Waals surface area contributed by atoms with Crippen molar-refractivity contribution in [2.45, 2.75) is 6.17 Å². The minimum absolute atomic E-state index is 0.366. The number of fused-ring (bicyclic) bond motifs is 8. The maximum Gasteiger partial charge on any atom is 0.159 e. The normalized spacial score (nSPS) is 14.1. The van der Waals surface area contributed by atoms with Crippen LogP contribution in [0.25, 0.3) is 87.7 Å². The largest absolute Gasteiger partial charge is 0.344 e. The molecular weight excluding hydrogens is 779 g/mol. The molecule has 5 nitrogen and oxygen atoms in total. The fourth-order valence-electron chi connectivity index (χ4n) is 9.91. The van der Waals surface area contributed by atoms with Crippen LogP contribution in [-0.2, 0) is 0 Å². The Kier molecular flexibility index (Phi) is 8.21. The molecule has 0 radical (unpaired) electrons. The highest BCUT2D eigenvalue weighted by molar-refractivity contribution is 6.18. The third-order valence-corrected chi connectivity index (χ3v) is 12.9. The smallest absolute Gasteiger partial charge is 0.159 e. The van der Waals surface area contributed by atoms with Gasteiger partial charge in [0, 0.05) is 43.7 Å². The number of aromatic nitrogens is 2. The van der Waals surface area contributed by atoms with Gasteiger partial charge < -0.3 is 14.5 Å². The number of rotatable bonds is 6. The first-order valence-corrected chi connectivity index (χ1v) is 21.8. The molecule has 1 N–H and O–H groups in total. The van der Waals surface area contributed by atoms with Gasteiger partial charge in [0.05, 0.1) is 27.8 Å². The molecule has 64 heavy (non-hydrogen) atoms. The van der Waals surface area contributed by atoms with Crippen molar-refractivity contribution in [1.82, 2.24) is 14.5 Å². The molecule has 0 bridgehead atoms. The number of para-hydroxylation sites is 2. The molecule has 1 atom stereocenters. The van der Waals surface area contributed by atoms with E-state index in [1.165, 1.54) is 48.9 Å². The van der Waals surface area contributed by atoms with Crippen LogP contribution in [0.1, 0.15) is 22.9 Å². The standard InChI is InChI=1S/C59H39N5/c1-3-16-38(17-4-1)40-23-15-24-44(32-40)58-60-57(39-18-5-2-6-19-39)61-59(62-58)45-33-43-22-9-10-25-47(43)54(36-45)64-55-35-42-21-8-7-20-41(42)34-51(55)50-31-30-46(37-56(50)64)63-52-28-13-11-26-48(52)49-27-12-14-29-53(49)63/h1-37,58H,(H,60,61,62). The number of hydrogen-bond donors (Lipinski definition) is 1. The predicted molar refractivity (Wildman–Crippen MR) is 267 cm³/mol. The van der Waals surface area contributed by atoms with Gasteiger partial charge >= 0.3 is 0 Å². The summed E-state index contributed by atoms with van der Waals surface area (Å²) in [6, 6.07) is 80.7. The van der Waals surface area contributed by atoms with Crippen molar-refractivity contribution in [2.24, 2.45) is 9.98 Å². The molecule has 0 amide bonds. The zero-order chi connectivity index (χ0) is 42.1. The van der Waals surface area contributed by atoms with Crippen LogP contribution in [0.4, 0.5) is 0 Å². The maximum absolute atomic E-state index is 5.32. The van der Waals surface area contributed by atoms with E-state index in [2.05, 4.69) is 221 Å². The lowest BCUT2D eigenvalue weighted by molar-refractivity contribution is 0.674. The molecule has 13 rings (SSSR count). The van der Waals surface area contributed by atoms with Crippen molar-refractivity contribution < 1.29 is 0 Å². The second kappa shape index (κ2) is 14.5. The number of nitrogens with one attached hydrogen (secondary N) is 1. The summed E-state index contributed by atoms with van der Waals surface area (Å²) >= 11 is 0. The molecule has 5 heteroatoms. The lowest BCUT2D eigenvalue weighted by atomic mass is 10.0. The molecule has 1 unspecified atom stereocenters. The van der Waals surface area contributed by atoms with Crippen LogP contribution in [0.15, 0.2) is 234 Å². The van der Waals surface area contributed by atoms with Gasteiger partial charge in [0.1, 0.15) is 12.0 Å². The van der Waals surface area contributed by atoms with E-state index in [1.807, 2.05) is 18.2 Å². The average molecular weight is 818 g/mol. The van der Waals surface area contributed by atoms with Crippen molar-refractivity contribution >= 4 is 76.8 Å². The van der Waals surface area contributed by atoms with Gasteiger partial charge in [-0.3, -0.25) is 0 Å². The molecule has 3 heterocycles. The quantitative estimate of drug-likeness (QED) is 0.178. The van der Waals surface area contributed by atoms with Crippen LogP contribution < -0.4 is 5.32 Å². The Labute approximate surface area is 369 Å². The van der Waals surface area contributed by atoms with Crippen molar-refractivity contribution in [3.8, 4) is 22.5 Å². The molecule has 0 fully saturated rings. The molecule has 300 valence electrons. The van der Waals surface area contributed by atoms with Gasteiger partial charge in [0.15, 0.2) is 5.84 Å². The summed E-state index contributed by atoms with van der Waals surface area (Å²) in [7, 11) is 0. The molecule has 0 aliphatic carbocycles. The second-order valence-electron chi connectivity index (χ2n) is 16.7. The van der Waals surface area contributed by atoms with Crippen LogP contribution in [0.2, 0.25) is 0 Å². The summed E-state index contributed by atoms with van der Waals surface area (Å²) in [6.45, 7) is 0. The zero-order valence-corrected chi connectivity index (χ0v) is 34.7. The van der Waals surface area contributed by atoms with Crippen molar-refractivity contribution in [3.05, 3.63) is 241 Å². The van der Waals surface area contributed by atoms with Gasteiger partial charge in [-0.2, -0.15) is 0 Å². The monoisotopic (exact) mass is 817 g/mol. The summed E-state index contributed by atoms with van der Waals surface area (Å²) in [5.41, 5.74) is 12.2. The van der Waals surface area contributed by atoms with Gasteiger partial charge in [-0.05, 0) is 87.4 Å². The highest BCUT2D eigenvalue weighted by Gasteiger charge is 2.24. The van der Waals surface area contributed by atoms with Crippen molar-refractivity contribution in [3.63, 3.8) is 0 Å². The first kappa shape index (κ1) is 36.1. The fraction of sp³-hybridized carbons (Fsp3) is 0.0169. The highest BCUT2D eigenvalue weighted by Crippen LogP contribution is 2.40. The minimum Gasteiger partial charge on any atom is -0.344 e. The lowest BCUT2D eigenvalue weighted by Crippen LogP contribution is -2.33. The van der Waals surface area contributed by atoms with Gasteiger partial charge in [0.2, 0.25) is 0 Å². The molecule has 12 aromatic rings. The number of benzene rings is 10. The minimum atomic E-state index is -0.366. The second-order valence-corrected chi connectivity index (χ2v) is 16.7. The molecule has 2 aromatic heterocycles. The van der Waals surface area contributed by atoms with Gasteiger partial charge in [-0.1, -0.05) is 170 Å². The fourth-order valence-corrected chi connectivity index (χ4v) is 9.91. The van der Waals surface area contributed by atoms with E-state index in [1.54, 1.807) is 0 Å². The van der Waals surface area contributed by atoms with Gasteiger partial charge in [0.25, 0.3) is 0 Å². The topological polar surface area (TPSA) is 46.6 Å². The zero-order valence-electron chi connectivity index (χ0n) is 34.7. The lowest BCUT2D eigenvalue weighted by Gasteiger charge is -2.25. The number of aliphatic imine (C=N–C) groups is 2. The Morgan fingerprint density at radius 1 is 0.359 bits per heavy atom. The molecule has 0 spiro atoms. The number of hydrogen-bond acceptors (Lipinski definition) is 3. The van der Waals surface area contributed by atoms with Gasteiger partial charge in [-0.15, -0.1) is 0 Å². The van der Waals surface area contributed by atoms with E-state index in [-0.39, 0.29) is 6.17 Å². The van der Waals surface area contributed by atoms with Crippen LogP contribution in [0.5, 0.6) is 0 Å². The van der Waals surface area contributed by atoms with E-state index in [0.29, 0.717) is 5.84 Å². The predicted octanol–water partition coefficient (Wildman–Crippen LogP) is 14.3. The third kappa shape index (κ3) is 5.86. The van der Waals surface area contributed by atoms with E-state index >= 15 is 0 Å². The third-order valence-electron chi connectivity index (χ3n) is 12.9. The summed E-state index contributed by atoms with van der Waals surface area (Å²) < 4.78 is 4.89. The molecular formula is C59H39N5. The Balaban J connectivity index is 1.05. The first-order chi connectivity index (χ1) is 31.7. The Bertz CT molecular complexity index is 3820. The van der Waals surface area contributed by atoms with E-state index in [0.717, 1.165) is 61.3 Å². The van der Waals surface area contributed by atoms with Crippen LogP contribution >= 0.6 is 0 Å². The van der Waals surface area contributed by atoms with Gasteiger partial charge in [-0.25, -0.2) is 9.98 Å². The van der Waals surface area contributed by atoms with Crippen LogP contribution in [-0.4, -0.2) is 20.8 Å². The SMILES string of the molecule is c1ccc(C2=NC(c3cccc(-c4ccccc4)c3)NC(c3cc(-n4c5cc(-n6c7ccccc7c7ccccc76)ccc5c5cc6ccccc6cc54)c4ccccc4c3)=N2)cc1. The van der Waals surface area contributed by atoms with Crippen LogP contribution in [0, 0.1) is 0 Å². The maximum atomic E-state index is 5.32. The number of nitrogens with zero attached hydrogens (tertiary/aromatic N) is 4. The Morgan fingerprint density at radius 3 is 1.70 bits per heavy atom. The molecule has 1 aliphatic rings. The average Bonchev–Trinajstić information content (AvgIpc) is 3.87. The van der Waals surface area contributed by atoms with E-state index in [4.69, 9.17) is 9.98 Å². The summed E-state index contributed by atoms with van der Waals surface area (Å²) in [5.74, 6) is 1.46. The first-order valence-electron chi connectivity index (χ1n) is 21.8. The van der Waals surface area contributed by atoms with Crippen molar-refractivity contribution in [1.29, 1.82) is 0 Å². The van der Waals surface area contributed by atoms with Crippen LogP contribution in [0.3, 0.4) is 0 Å². The summed E-state index contributed by atoms with van der Waals surface area (Å²) in [5, 5.41) is 13.4. The molecule has 10 aromatic carbocycles.